The molecule has 0 spiro atoms. The smallest absolute Gasteiger partial charge is 0.0911 e. The van der Waals surface area contributed by atoms with Crippen LogP contribution in [0.5, 0.6) is 0 Å². The molecule has 96 valence electrons. The van der Waals surface area contributed by atoms with E-state index in [1.54, 1.807) is 0 Å². The molecule has 3 heteroatoms. The third kappa shape index (κ3) is 3.00. The zero-order valence-corrected chi connectivity index (χ0v) is 11.5. The van der Waals surface area contributed by atoms with E-state index in [0.717, 1.165) is 19.3 Å². The van der Waals surface area contributed by atoms with Crippen molar-refractivity contribution >= 4 is 5.97 Å². The van der Waals surface area contributed by atoms with Crippen molar-refractivity contribution in [1.82, 2.24) is 0 Å². The van der Waals surface area contributed by atoms with E-state index >= 15 is 0 Å². The van der Waals surface area contributed by atoms with Gasteiger partial charge in [-0.1, -0.05) is 34.6 Å². The highest BCUT2D eigenvalue weighted by Gasteiger charge is 2.49. The van der Waals surface area contributed by atoms with Gasteiger partial charge in [0.1, 0.15) is 0 Å². The minimum Gasteiger partial charge on any atom is -0.549 e. The number of carboxylic acids is 1. The van der Waals surface area contributed by atoms with Gasteiger partial charge < -0.3 is 9.90 Å². The van der Waals surface area contributed by atoms with Gasteiger partial charge >= 0.3 is 0 Å². The van der Waals surface area contributed by atoms with Crippen LogP contribution in [-0.2, 0) is 4.79 Å². The summed E-state index contributed by atoms with van der Waals surface area (Å²) in [5.41, 5.74) is -0.346. The Balaban J connectivity index is 3.11. The highest BCUT2D eigenvalue weighted by atomic mass is 16.4. The third-order valence-electron chi connectivity index (χ3n) is 3.78. The maximum absolute atomic E-state index is 11.1. The molecule has 0 aromatic heterocycles. The largest absolute Gasteiger partial charge is 0.549 e. The summed E-state index contributed by atoms with van der Waals surface area (Å²) in [6.07, 6.45) is 2.58. The van der Waals surface area contributed by atoms with Crippen LogP contribution in [0, 0.1) is 33.5 Å². The van der Waals surface area contributed by atoms with E-state index in [9.17, 15) is 9.90 Å². The van der Waals surface area contributed by atoms with Crippen molar-refractivity contribution in [2.24, 2.45) is 22.2 Å². The van der Waals surface area contributed by atoms with Gasteiger partial charge in [-0.25, -0.2) is 0 Å². The summed E-state index contributed by atoms with van der Waals surface area (Å²) >= 11 is 0. The summed E-state index contributed by atoms with van der Waals surface area (Å²) in [6, 6.07) is 1.93. The molecule has 0 amide bonds. The minimum atomic E-state index is -1.23. The molecule has 1 atom stereocenters. The van der Waals surface area contributed by atoms with Crippen LogP contribution in [0.2, 0.25) is 0 Å². The standard InChI is InChI=1S/C14H23NO2/c1-12(2)7-13(3,4)9-14(5,8-12)10(6-15)11(16)17/h10H,7-9H2,1-5H3,(H,16,17)/p-1. The number of carbonyl (C=O) groups is 1. The molecule has 3 nitrogen and oxygen atoms in total. The molecule has 1 aliphatic rings. The van der Waals surface area contributed by atoms with Gasteiger partial charge in [0.15, 0.2) is 0 Å². The molecule has 0 bridgehead atoms. The van der Waals surface area contributed by atoms with Gasteiger partial charge in [-0.3, -0.25) is 0 Å². The maximum Gasteiger partial charge on any atom is 0.0911 e. The molecule has 1 fully saturated rings. The number of carboxylic acid groups (broad SMARTS) is 1. The van der Waals surface area contributed by atoms with Gasteiger partial charge in [0.25, 0.3) is 0 Å². The monoisotopic (exact) mass is 236 g/mol. The van der Waals surface area contributed by atoms with Crippen LogP contribution in [0.25, 0.3) is 0 Å². The summed E-state index contributed by atoms with van der Waals surface area (Å²) in [5.74, 6) is -2.25. The summed E-state index contributed by atoms with van der Waals surface area (Å²) in [7, 11) is 0. The molecule has 1 aliphatic carbocycles. The van der Waals surface area contributed by atoms with Crippen LogP contribution >= 0.6 is 0 Å². The number of hydrogen-bond donors (Lipinski definition) is 0. The lowest BCUT2D eigenvalue weighted by atomic mass is 9.52. The Morgan fingerprint density at radius 3 is 1.82 bits per heavy atom. The van der Waals surface area contributed by atoms with E-state index in [-0.39, 0.29) is 10.8 Å². The van der Waals surface area contributed by atoms with E-state index in [4.69, 9.17) is 5.26 Å². The number of rotatable bonds is 2. The van der Waals surface area contributed by atoms with Crippen molar-refractivity contribution in [3.05, 3.63) is 0 Å². The van der Waals surface area contributed by atoms with Crippen LogP contribution in [0.1, 0.15) is 53.9 Å². The molecular formula is C14H22NO2-. The fraction of sp³-hybridized carbons (Fsp3) is 0.857. The van der Waals surface area contributed by atoms with Crippen LogP contribution in [0.15, 0.2) is 0 Å². The van der Waals surface area contributed by atoms with Crippen molar-refractivity contribution in [1.29, 1.82) is 5.26 Å². The number of carbonyl (C=O) groups excluding carboxylic acids is 1. The molecule has 0 N–H and O–H groups in total. The first-order valence-corrected chi connectivity index (χ1v) is 6.12. The minimum absolute atomic E-state index is 0.0705. The normalized spacial score (nSPS) is 26.8. The predicted molar refractivity (Wildman–Crippen MR) is 63.6 cm³/mol. The maximum atomic E-state index is 11.1. The average Bonchev–Trinajstić information content (AvgIpc) is 1.94. The Hall–Kier alpha value is -1.04. The summed E-state index contributed by atoms with van der Waals surface area (Å²) in [6.45, 7) is 10.5. The molecule has 1 rings (SSSR count). The van der Waals surface area contributed by atoms with Crippen molar-refractivity contribution in [2.75, 3.05) is 0 Å². The Bertz CT molecular complexity index is 347. The van der Waals surface area contributed by atoms with Crippen LogP contribution in [0.3, 0.4) is 0 Å². The summed E-state index contributed by atoms with van der Waals surface area (Å²) in [4.78, 5) is 11.1. The predicted octanol–water partition coefficient (Wildman–Crippen LogP) is 2.12. The van der Waals surface area contributed by atoms with Gasteiger partial charge in [0.05, 0.1) is 18.0 Å². The molecule has 0 saturated heterocycles. The average molecular weight is 236 g/mol. The van der Waals surface area contributed by atoms with Crippen LogP contribution in [-0.4, -0.2) is 5.97 Å². The van der Waals surface area contributed by atoms with Crippen LogP contribution < -0.4 is 5.11 Å². The molecule has 0 aromatic rings. The number of aliphatic carboxylic acids is 1. The SMILES string of the molecule is CC1(C)CC(C)(C)CC(C)(C(C#N)C(=O)[O-])C1. The first-order chi connectivity index (χ1) is 7.51. The van der Waals surface area contributed by atoms with E-state index in [0.29, 0.717) is 0 Å². The second kappa shape index (κ2) is 4.01. The van der Waals surface area contributed by atoms with Crippen molar-refractivity contribution < 1.29 is 9.90 Å². The fourth-order valence-corrected chi connectivity index (χ4v) is 4.37. The van der Waals surface area contributed by atoms with Gasteiger partial charge in [-0.15, -0.1) is 0 Å². The quantitative estimate of drug-likeness (QED) is 0.737. The number of nitrogens with zero attached hydrogens (tertiary/aromatic N) is 1. The molecule has 17 heavy (non-hydrogen) atoms. The summed E-state index contributed by atoms with van der Waals surface area (Å²) in [5, 5.41) is 20.2. The lowest BCUT2D eigenvalue weighted by Gasteiger charge is -2.52. The van der Waals surface area contributed by atoms with Gasteiger partial charge in [0, 0.05) is 0 Å². The zero-order chi connectivity index (χ0) is 13.5. The second-order valence-corrected chi connectivity index (χ2v) is 7.39. The Morgan fingerprint density at radius 2 is 1.53 bits per heavy atom. The van der Waals surface area contributed by atoms with Gasteiger partial charge in [-0.05, 0) is 35.5 Å². The van der Waals surface area contributed by atoms with Crippen molar-refractivity contribution in [2.45, 2.75) is 53.9 Å². The first-order valence-electron chi connectivity index (χ1n) is 6.12. The van der Waals surface area contributed by atoms with Gasteiger partial charge in [0.2, 0.25) is 0 Å². The molecule has 0 aromatic carbocycles. The molecule has 0 radical (unpaired) electrons. The molecule has 0 heterocycles. The highest BCUT2D eigenvalue weighted by molar-refractivity contribution is 5.72. The highest BCUT2D eigenvalue weighted by Crippen LogP contribution is 2.56. The number of nitriles is 1. The number of hydrogen-bond acceptors (Lipinski definition) is 3. The van der Waals surface area contributed by atoms with E-state index in [1.165, 1.54) is 0 Å². The van der Waals surface area contributed by atoms with E-state index in [2.05, 4.69) is 27.7 Å². The topological polar surface area (TPSA) is 63.9 Å². The Kier molecular flexibility index (Phi) is 3.31. The van der Waals surface area contributed by atoms with Gasteiger partial charge in [-0.2, -0.15) is 5.26 Å². The summed E-state index contributed by atoms with van der Waals surface area (Å²) < 4.78 is 0. The first kappa shape index (κ1) is 14.0. The molecule has 1 saturated carbocycles. The second-order valence-electron chi connectivity index (χ2n) is 7.39. The van der Waals surface area contributed by atoms with Crippen molar-refractivity contribution in [3.8, 4) is 6.07 Å². The van der Waals surface area contributed by atoms with Crippen molar-refractivity contribution in [3.63, 3.8) is 0 Å². The third-order valence-corrected chi connectivity index (χ3v) is 3.78. The molecular weight excluding hydrogens is 214 g/mol. The molecule has 0 aliphatic heterocycles. The lowest BCUT2D eigenvalue weighted by Crippen LogP contribution is -2.48. The Morgan fingerprint density at radius 1 is 1.12 bits per heavy atom. The van der Waals surface area contributed by atoms with E-state index in [1.807, 2.05) is 13.0 Å². The lowest BCUT2D eigenvalue weighted by molar-refractivity contribution is -0.313. The molecule has 1 unspecified atom stereocenters. The van der Waals surface area contributed by atoms with E-state index < -0.39 is 17.3 Å². The fourth-order valence-electron chi connectivity index (χ4n) is 4.37. The zero-order valence-electron chi connectivity index (χ0n) is 11.5. The Labute approximate surface area is 104 Å². The van der Waals surface area contributed by atoms with Crippen LogP contribution in [0.4, 0.5) is 0 Å².